The van der Waals surface area contributed by atoms with E-state index >= 15 is 0 Å². The van der Waals surface area contributed by atoms with Crippen LogP contribution in [0.5, 0.6) is 5.75 Å². The average Bonchev–Trinajstić information content (AvgIpc) is 3.09. The summed E-state index contributed by atoms with van der Waals surface area (Å²) in [6.45, 7) is 9.07. The van der Waals surface area contributed by atoms with Crippen LogP contribution in [0.1, 0.15) is 38.3 Å². The van der Waals surface area contributed by atoms with Crippen molar-refractivity contribution in [2.45, 2.75) is 44.8 Å². The van der Waals surface area contributed by atoms with Gasteiger partial charge in [-0.15, -0.1) is 12.4 Å². The summed E-state index contributed by atoms with van der Waals surface area (Å²) in [6, 6.07) is 10.1. The molecular weight excluding hydrogens is 336 g/mol. The molecular formula is C19H33ClN4O. The zero-order valence-electron chi connectivity index (χ0n) is 15.6. The lowest BCUT2D eigenvalue weighted by Crippen LogP contribution is -2.46. The molecule has 6 heteroatoms. The minimum absolute atomic E-state index is 0. The molecule has 0 saturated carbocycles. The van der Waals surface area contributed by atoms with Crippen molar-refractivity contribution >= 4 is 12.4 Å². The number of halogens is 1. The van der Waals surface area contributed by atoms with E-state index in [-0.39, 0.29) is 12.4 Å². The summed E-state index contributed by atoms with van der Waals surface area (Å²) in [5, 5.41) is 3.81. The molecule has 2 saturated heterocycles. The summed E-state index contributed by atoms with van der Waals surface area (Å²) in [5.41, 5.74) is 8.05. The second-order valence-corrected chi connectivity index (χ2v) is 7.35. The van der Waals surface area contributed by atoms with Crippen LogP contribution in [0, 0.1) is 5.92 Å². The zero-order chi connectivity index (χ0) is 16.9. The van der Waals surface area contributed by atoms with Gasteiger partial charge in [0.1, 0.15) is 5.75 Å². The Hall–Kier alpha value is -0.850. The van der Waals surface area contributed by atoms with E-state index < -0.39 is 0 Å². The molecule has 1 aromatic rings. The molecule has 0 aliphatic carbocycles. The Morgan fingerprint density at radius 3 is 2.72 bits per heavy atom. The Morgan fingerprint density at radius 1 is 1.28 bits per heavy atom. The fourth-order valence-electron chi connectivity index (χ4n) is 3.85. The first-order valence-corrected chi connectivity index (χ1v) is 9.27. The Bertz CT molecular complexity index is 520. The lowest BCUT2D eigenvalue weighted by Gasteiger charge is -2.35. The number of likely N-dealkylation sites (tertiary alicyclic amines) is 1. The van der Waals surface area contributed by atoms with E-state index in [1.54, 1.807) is 7.11 Å². The Morgan fingerprint density at radius 2 is 2.04 bits per heavy atom. The molecule has 0 amide bonds. The Balaban J connectivity index is 0.00000225. The van der Waals surface area contributed by atoms with Crippen LogP contribution in [0.2, 0.25) is 0 Å². The first-order valence-electron chi connectivity index (χ1n) is 9.27. The van der Waals surface area contributed by atoms with Gasteiger partial charge in [-0.05, 0) is 57.5 Å². The number of methoxy groups -OCH3 is 1. The number of hydrogen-bond donors (Lipinski definition) is 3. The molecule has 2 heterocycles. The topological polar surface area (TPSA) is 48.6 Å². The van der Waals surface area contributed by atoms with Crippen LogP contribution >= 0.6 is 12.4 Å². The number of benzene rings is 1. The predicted octanol–water partition coefficient (Wildman–Crippen LogP) is 2.34. The van der Waals surface area contributed by atoms with Crippen molar-refractivity contribution in [3.63, 3.8) is 0 Å². The molecule has 1 aromatic carbocycles. The predicted molar refractivity (Wildman–Crippen MR) is 105 cm³/mol. The maximum atomic E-state index is 5.37. The Labute approximate surface area is 158 Å². The molecule has 0 bridgehead atoms. The lowest BCUT2D eigenvalue weighted by atomic mass is 9.94. The van der Waals surface area contributed by atoms with Gasteiger partial charge in [-0.2, -0.15) is 0 Å². The van der Waals surface area contributed by atoms with Crippen LogP contribution in [0.15, 0.2) is 24.3 Å². The standard InChI is InChI=1S/C19H32N4O.ClH/c1-14(2)23-9-7-17(8-10-23)20-12-16-13-21-22-19(16)15-5-4-6-18(11-15)24-3;/h4-6,11,14,16-17,19-22H,7-10,12-13H2,1-3H3;1H. The fraction of sp³-hybridized carbons (Fsp3) is 0.684. The van der Waals surface area contributed by atoms with E-state index in [1.165, 1.54) is 31.5 Å². The molecule has 5 nitrogen and oxygen atoms in total. The SMILES string of the molecule is COc1cccc(C2NNCC2CNC2CCN(C(C)C)CC2)c1.Cl. The molecule has 0 radical (unpaired) electrons. The molecule has 0 aromatic heterocycles. The minimum atomic E-state index is 0. The minimum Gasteiger partial charge on any atom is -0.497 e. The summed E-state index contributed by atoms with van der Waals surface area (Å²) in [7, 11) is 1.72. The zero-order valence-corrected chi connectivity index (χ0v) is 16.4. The molecule has 142 valence electrons. The maximum Gasteiger partial charge on any atom is 0.119 e. The van der Waals surface area contributed by atoms with Gasteiger partial charge in [-0.3, -0.25) is 5.43 Å². The number of ether oxygens (including phenoxy) is 1. The fourth-order valence-corrected chi connectivity index (χ4v) is 3.85. The highest BCUT2D eigenvalue weighted by Gasteiger charge is 2.29. The van der Waals surface area contributed by atoms with Crippen LogP contribution in [0.4, 0.5) is 0 Å². The molecule has 3 rings (SSSR count). The van der Waals surface area contributed by atoms with Crippen molar-refractivity contribution in [3.8, 4) is 5.75 Å². The van der Waals surface area contributed by atoms with Crippen LogP contribution in [0.3, 0.4) is 0 Å². The van der Waals surface area contributed by atoms with Crippen LogP contribution in [-0.4, -0.2) is 50.3 Å². The third kappa shape index (κ3) is 5.31. The van der Waals surface area contributed by atoms with Crippen molar-refractivity contribution in [3.05, 3.63) is 29.8 Å². The van der Waals surface area contributed by atoms with Crippen LogP contribution in [-0.2, 0) is 0 Å². The molecule has 2 fully saturated rings. The number of rotatable bonds is 6. The second kappa shape index (κ2) is 9.74. The van der Waals surface area contributed by atoms with Crippen molar-refractivity contribution in [2.24, 2.45) is 5.92 Å². The number of hydrazine groups is 1. The highest BCUT2D eigenvalue weighted by Crippen LogP contribution is 2.27. The quantitative estimate of drug-likeness (QED) is 0.719. The summed E-state index contributed by atoms with van der Waals surface area (Å²) in [5.74, 6) is 1.48. The normalized spacial score (nSPS) is 25.1. The maximum absolute atomic E-state index is 5.37. The summed E-state index contributed by atoms with van der Waals surface area (Å²) >= 11 is 0. The summed E-state index contributed by atoms with van der Waals surface area (Å²) in [4.78, 5) is 2.58. The first-order chi connectivity index (χ1) is 11.7. The van der Waals surface area contributed by atoms with Gasteiger partial charge in [0.25, 0.3) is 0 Å². The number of piperidine rings is 1. The van der Waals surface area contributed by atoms with E-state index in [0.29, 0.717) is 24.0 Å². The van der Waals surface area contributed by atoms with E-state index in [2.05, 4.69) is 53.1 Å². The molecule has 2 atom stereocenters. The molecule has 2 unspecified atom stereocenters. The largest absolute Gasteiger partial charge is 0.497 e. The average molecular weight is 369 g/mol. The van der Waals surface area contributed by atoms with Crippen molar-refractivity contribution in [1.29, 1.82) is 0 Å². The Kier molecular flexibility index (Phi) is 7.97. The van der Waals surface area contributed by atoms with Crippen LogP contribution in [0.25, 0.3) is 0 Å². The van der Waals surface area contributed by atoms with Gasteiger partial charge in [0.2, 0.25) is 0 Å². The monoisotopic (exact) mass is 368 g/mol. The van der Waals surface area contributed by atoms with Crippen LogP contribution < -0.4 is 20.9 Å². The highest BCUT2D eigenvalue weighted by molar-refractivity contribution is 5.85. The summed E-state index contributed by atoms with van der Waals surface area (Å²) in [6.07, 6.45) is 2.52. The first kappa shape index (κ1) is 20.5. The highest BCUT2D eigenvalue weighted by atomic mass is 35.5. The molecule has 3 N–H and O–H groups in total. The smallest absolute Gasteiger partial charge is 0.119 e. The van der Waals surface area contributed by atoms with Crippen molar-refractivity contribution in [2.75, 3.05) is 33.3 Å². The molecule has 2 aliphatic heterocycles. The van der Waals surface area contributed by atoms with Gasteiger partial charge < -0.3 is 15.0 Å². The third-order valence-electron chi connectivity index (χ3n) is 5.47. The number of nitrogens with one attached hydrogen (secondary N) is 3. The van der Waals surface area contributed by atoms with Crippen molar-refractivity contribution in [1.82, 2.24) is 21.1 Å². The number of hydrogen-bond acceptors (Lipinski definition) is 5. The van der Waals surface area contributed by atoms with E-state index in [1.807, 2.05) is 6.07 Å². The van der Waals surface area contributed by atoms with E-state index in [4.69, 9.17) is 4.74 Å². The second-order valence-electron chi connectivity index (χ2n) is 7.35. The van der Waals surface area contributed by atoms with Crippen molar-refractivity contribution < 1.29 is 4.74 Å². The third-order valence-corrected chi connectivity index (χ3v) is 5.47. The van der Waals surface area contributed by atoms with Gasteiger partial charge in [-0.1, -0.05) is 12.1 Å². The van der Waals surface area contributed by atoms with Gasteiger partial charge >= 0.3 is 0 Å². The molecule has 0 spiro atoms. The van der Waals surface area contributed by atoms with E-state index in [9.17, 15) is 0 Å². The summed E-state index contributed by atoms with van der Waals surface area (Å²) < 4.78 is 5.37. The van der Waals surface area contributed by atoms with Gasteiger partial charge in [0.15, 0.2) is 0 Å². The molecule has 2 aliphatic rings. The van der Waals surface area contributed by atoms with Gasteiger partial charge in [-0.25, -0.2) is 5.43 Å². The van der Waals surface area contributed by atoms with E-state index in [0.717, 1.165) is 18.8 Å². The number of nitrogens with zero attached hydrogens (tertiary/aromatic N) is 1. The van der Waals surface area contributed by atoms with Gasteiger partial charge in [0.05, 0.1) is 13.2 Å². The molecule has 25 heavy (non-hydrogen) atoms. The lowest BCUT2D eigenvalue weighted by molar-refractivity contribution is 0.159. The van der Waals surface area contributed by atoms with Gasteiger partial charge in [0, 0.05) is 31.1 Å².